The predicted octanol–water partition coefficient (Wildman–Crippen LogP) is 3.64. The highest BCUT2D eigenvalue weighted by Gasteiger charge is 2.00. The van der Waals surface area contributed by atoms with E-state index in [9.17, 15) is 0 Å². The SMILES string of the molecule is C/C=C(C)\C(=C/C)c1ccc(N)cc1. The smallest absolute Gasteiger partial charge is 0.0314 e. The fraction of sp³-hybridized carbons (Fsp3) is 0.231. The summed E-state index contributed by atoms with van der Waals surface area (Å²) in [6.07, 6.45) is 4.24. The van der Waals surface area contributed by atoms with Crippen molar-refractivity contribution in [3.05, 3.63) is 47.6 Å². The number of allylic oxidation sites excluding steroid dienone is 4. The van der Waals surface area contributed by atoms with Gasteiger partial charge in [-0.2, -0.15) is 0 Å². The van der Waals surface area contributed by atoms with Crippen LogP contribution in [-0.4, -0.2) is 0 Å². The van der Waals surface area contributed by atoms with E-state index < -0.39 is 0 Å². The van der Waals surface area contributed by atoms with Gasteiger partial charge in [0.1, 0.15) is 0 Å². The lowest BCUT2D eigenvalue weighted by molar-refractivity contribution is 1.45. The van der Waals surface area contributed by atoms with Crippen LogP contribution in [0.15, 0.2) is 42.0 Å². The minimum atomic E-state index is 0.808. The van der Waals surface area contributed by atoms with Crippen molar-refractivity contribution in [1.29, 1.82) is 0 Å². The molecule has 0 atom stereocenters. The van der Waals surface area contributed by atoms with Crippen molar-refractivity contribution in [2.45, 2.75) is 20.8 Å². The molecule has 1 rings (SSSR count). The number of nitrogens with two attached hydrogens (primary N) is 1. The minimum absolute atomic E-state index is 0.808. The summed E-state index contributed by atoms with van der Waals surface area (Å²) in [4.78, 5) is 0. The highest BCUT2D eigenvalue weighted by molar-refractivity contribution is 5.78. The molecule has 2 N–H and O–H groups in total. The summed E-state index contributed by atoms with van der Waals surface area (Å²) < 4.78 is 0. The van der Waals surface area contributed by atoms with Crippen molar-refractivity contribution in [3.63, 3.8) is 0 Å². The Hall–Kier alpha value is -1.50. The van der Waals surface area contributed by atoms with Crippen molar-refractivity contribution in [2.24, 2.45) is 0 Å². The van der Waals surface area contributed by atoms with Gasteiger partial charge in [0, 0.05) is 5.69 Å². The van der Waals surface area contributed by atoms with Gasteiger partial charge in [-0.15, -0.1) is 0 Å². The lowest BCUT2D eigenvalue weighted by Gasteiger charge is -2.07. The Bertz CT molecular complexity index is 355. The van der Waals surface area contributed by atoms with Gasteiger partial charge in [0.2, 0.25) is 0 Å². The van der Waals surface area contributed by atoms with Crippen LogP contribution < -0.4 is 5.73 Å². The first-order valence-corrected chi connectivity index (χ1v) is 4.84. The van der Waals surface area contributed by atoms with Gasteiger partial charge in [-0.05, 0) is 49.6 Å². The van der Waals surface area contributed by atoms with Gasteiger partial charge in [-0.1, -0.05) is 24.3 Å². The van der Waals surface area contributed by atoms with Gasteiger partial charge in [0.15, 0.2) is 0 Å². The quantitative estimate of drug-likeness (QED) is 0.555. The molecule has 14 heavy (non-hydrogen) atoms. The van der Waals surface area contributed by atoms with Crippen LogP contribution in [0.4, 0.5) is 5.69 Å². The van der Waals surface area contributed by atoms with Crippen LogP contribution in [0.3, 0.4) is 0 Å². The Labute approximate surface area is 85.9 Å². The molecule has 0 bridgehead atoms. The number of nitrogen functional groups attached to an aromatic ring is 1. The van der Waals surface area contributed by atoms with E-state index in [1.165, 1.54) is 16.7 Å². The molecule has 1 nitrogen and oxygen atoms in total. The molecule has 0 radical (unpaired) electrons. The molecule has 0 aliphatic rings. The van der Waals surface area contributed by atoms with Crippen molar-refractivity contribution in [1.82, 2.24) is 0 Å². The standard InChI is InChI=1S/C13H17N/c1-4-10(3)13(5-2)11-6-8-12(14)9-7-11/h4-9H,14H2,1-3H3/b10-4-,13-5+. The summed E-state index contributed by atoms with van der Waals surface area (Å²) in [6.45, 7) is 6.22. The van der Waals surface area contributed by atoms with Crippen LogP contribution in [0.25, 0.3) is 5.57 Å². The highest BCUT2D eigenvalue weighted by Crippen LogP contribution is 2.23. The molecule has 1 aromatic carbocycles. The Morgan fingerprint density at radius 1 is 1.07 bits per heavy atom. The molecule has 0 aliphatic carbocycles. The van der Waals surface area contributed by atoms with E-state index in [1.807, 2.05) is 12.1 Å². The first-order valence-electron chi connectivity index (χ1n) is 4.84. The molecule has 0 saturated heterocycles. The molecule has 0 amide bonds. The number of hydrogen-bond acceptors (Lipinski definition) is 1. The molecule has 0 aliphatic heterocycles. The Balaban J connectivity index is 3.09. The number of anilines is 1. The Kier molecular flexibility index (Phi) is 3.52. The second kappa shape index (κ2) is 4.66. The average Bonchev–Trinajstić information content (AvgIpc) is 2.21. The van der Waals surface area contributed by atoms with E-state index in [4.69, 9.17) is 5.73 Å². The first-order chi connectivity index (χ1) is 6.69. The van der Waals surface area contributed by atoms with Crippen LogP contribution in [0.5, 0.6) is 0 Å². The zero-order chi connectivity index (χ0) is 10.6. The van der Waals surface area contributed by atoms with E-state index in [2.05, 4.69) is 45.1 Å². The number of rotatable bonds is 2. The molecule has 0 saturated carbocycles. The average molecular weight is 187 g/mol. The molecular formula is C13H17N. The molecule has 0 heterocycles. The predicted molar refractivity (Wildman–Crippen MR) is 63.9 cm³/mol. The monoisotopic (exact) mass is 187 g/mol. The molecule has 0 spiro atoms. The lowest BCUT2D eigenvalue weighted by Crippen LogP contribution is -1.88. The largest absolute Gasteiger partial charge is 0.399 e. The van der Waals surface area contributed by atoms with E-state index in [0.29, 0.717) is 0 Å². The maximum Gasteiger partial charge on any atom is 0.0314 e. The van der Waals surface area contributed by atoms with Crippen LogP contribution in [0.1, 0.15) is 26.3 Å². The molecule has 74 valence electrons. The Morgan fingerprint density at radius 2 is 1.64 bits per heavy atom. The zero-order valence-electron chi connectivity index (χ0n) is 9.04. The van der Waals surface area contributed by atoms with Gasteiger partial charge < -0.3 is 5.73 Å². The molecule has 0 aromatic heterocycles. The third-order valence-electron chi connectivity index (χ3n) is 2.37. The van der Waals surface area contributed by atoms with Crippen LogP contribution in [0.2, 0.25) is 0 Å². The van der Waals surface area contributed by atoms with Gasteiger partial charge in [-0.25, -0.2) is 0 Å². The fourth-order valence-electron chi connectivity index (χ4n) is 1.44. The summed E-state index contributed by atoms with van der Waals surface area (Å²) in [5.74, 6) is 0. The normalized spacial score (nSPS) is 13.1. The molecule has 1 heteroatoms. The summed E-state index contributed by atoms with van der Waals surface area (Å²) in [6, 6.07) is 7.97. The third kappa shape index (κ3) is 2.25. The summed E-state index contributed by atoms with van der Waals surface area (Å²) in [5.41, 5.74) is 10.2. The van der Waals surface area contributed by atoms with Crippen LogP contribution >= 0.6 is 0 Å². The highest BCUT2D eigenvalue weighted by atomic mass is 14.5. The van der Waals surface area contributed by atoms with Crippen molar-refractivity contribution >= 4 is 11.3 Å². The van der Waals surface area contributed by atoms with Gasteiger partial charge in [-0.3, -0.25) is 0 Å². The van der Waals surface area contributed by atoms with Crippen molar-refractivity contribution in [3.8, 4) is 0 Å². The maximum atomic E-state index is 5.64. The number of hydrogen-bond donors (Lipinski definition) is 1. The first kappa shape index (κ1) is 10.6. The van der Waals surface area contributed by atoms with Gasteiger partial charge in [0.05, 0.1) is 0 Å². The van der Waals surface area contributed by atoms with Crippen LogP contribution in [0, 0.1) is 0 Å². The van der Waals surface area contributed by atoms with Crippen molar-refractivity contribution < 1.29 is 0 Å². The van der Waals surface area contributed by atoms with Gasteiger partial charge in [0.25, 0.3) is 0 Å². The van der Waals surface area contributed by atoms with Crippen LogP contribution in [-0.2, 0) is 0 Å². The molecule has 0 fully saturated rings. The second-order valence-corrected chi connectivity index (χ2v) is 3.30. The van der Waals surface area contributed by atoms with E-state index >= 15 is 0 Å². The van der Waals surface area contributed by atoms with Crippen molar-refractivity contribution in [2.75, 3.05) is 5.73 Å². The Morgan fingerprint density at radius 3 is 2.07 bits per heavy atom. The lowest BCUT2D eigenvalue weighted by atomic mass is 9.98. The second-order valence-electron chi connectivity index (χ2n) is 3.30. The summed E-state index contributed by atoms with van der Waals surface area (Å²) in [7, 11) is 0. The van der Waals surface area contributed by atoms with E-state index in [0.717, 1.165) is 5.69 Å². The van der Waals surface area contributed by atoms with Gasteiger partial charge >= 0.3 is 0 Å². The third-order valence-corrected chi connectivity index (χ3v) is 2.37. The molecular weight excluding hydrogens is 170 g/mol. The molecule has 1 aromatic rings. The zero-order valence-corrected chi connectivity index (χ0v) is 9.04. The maximum absolute atomic E-state index is 5.64. The number of benzene rings is 1. The fourth-order valence-corrected chi connectivity index (χ4v) is 1.44. The minimum Gasteiger partial charge on any atom is -0.399 e. The topological polar surface area (TPSA) is 26.0 Å². The summed E-state index contributed by atoms with van der Waals surface area (Å²) in [5, 5.41) is 0. The summed E-state index contributed by atoms with van der Waals surface area (Å²) >= 11 is 0. The van der Waals surface area contributed by atoms with E-state index in [1.54, 1.807) is 0 Å². The molecule has 0 unspecified atom stereocenters. The van der Waals surface area contributed by atoms with E-state index in [-0.39, 0.29) is 0 Å².